The number of rotatable bonds is 8. The van der Waals surface area contributed by atoms with E-state index < -0.39 is 14.6 Å². The Balaban J connectivity index is 2.51. The maximum absolute atomic E-state index is 11.7. The minimum Gasteiger partial charge on any atom is -0.497 e. The second-order valence-electron chi connectivity index (χ2n) is 6.45. The zero-order chi connectivity index (χ0) is 19.1. The normalized spacial score (nSPS) is 13.9. The number of benzene rings is 1. The van der Waals surface area contributed by atoms with Gasteiger partial charge in [0.1, 0.15) is 17.6 Å². The highest BCUT2D eigenvalue weighted by Gasteiger charge is 2.30. The van der Waals surface area contributed by atoms with Gasteiger partial charge in [-0.05, 0) is 32.9 Å². The first kappa shape index (κ1) is 21.1. The van der Waals surface area contributed by atoms with Crippen molar-refractivity contribution < 1.29 is 17.9 Å². The molecule has 2 N–H and O–H groups in total. The Kier molecular flexibility index (Phi) is 7.54. The van der Waals surface area contributed by atoms with Gasteiger partial charge < -0.3 is 20.1 Å². The Labute approximate surface area is 150 Å². The van der Waals surface area contributed by atoms with Gasteiger partial charge in [-0.25, -0.2) is 8.42 Å². The minimum absolute atomic E-state index is 0.117. The fourth-order valence-corrected chi connectivity index (χ4v) is 2.17. The number of nitrogens with one attached hydrogen (secondary N) is 2. The van der Waals surface area contributed by atoms with Crippen molar-refractivity contribution in [1.82, 2.24) is 10.6 Å². The van der Waals surface area contributed by atoms with Crippen LogP contribution in [0.25, 0.3) is 0 Å². The molecule has 0 spiro atoms. The molecule has 0 aliphatic rings. The predicted octanol–water partition coefficient (Wildman–Crippen LogP) is 1.45. The summed E-state index contributed by atoms with van der Waals surface area (Å²) in [7, 11) is 0.0775. The lowest BCUT2D eigenvalue weighted by atomic mass is 10.2. The molecule has 0 fully saturated rings. The molecule has 1 atom stereocenters. The maximum atomic E-state index is 11.7. The van der Waals surface area contributed by atoms with Crippen molar-refractivity contribution in [3.05, 3.63) is 24.3 Å². The lowest BCUT2D eigenvalue weighted by molar-refractivity contribution is 0.223. The molecule has 0 aliphatic carbocycles. The first-order valence-corrected chi connectivity index (χ1v) is 9.93. The fraction of sp³-hybridized carbons (Fsp3) is 0.588. The van der Waals surface area contributed by atoms with Gasteiger partial charge in [0.15, 0.2) is 15.8 Å². The van der Waals surface area contributed by atoms with Gasteiger partial charge in [-0.1, -0.05) is 6.07 Å². The molecular formula is C17H29N3O4S. The summed E-state index contributed by atoms with van der Waals surface area (Å²) in [5, 5.41) is 6.17. The van der Waals surface area contributed by atoms with Crippen LogP contribution in [-0.2, 0) is 9.84 Å². The van der Waals surface area contributed by atoms with Gasteiger partial charge >= 0.3 is 0 Å². The second kappa shape index (κ2) is 8.94. The Morgan fingerprint density at radius 1 is 1.28 bits per heavy atom. The molecule has 0 saturated carbocycles. The largest absolute Gasteiger partial charge is 0.497 e. The topological polar surface area (TPSA) is 89.0 Å². The minimum atomic E-state index is -3.17. The Bertz CT molecular complexity index is 687. The van der Waals surface area contributed by atoms with Gasteiger partial charge in [0.25, 0.3) is 0 Å². The summed E-state index contributed by atoms with van der Waals surface area (Å²) >= 11 is 0. The van der Waals surface area contributed by atoms with Crippen molar-refractivity contribution in [2.75, 3.05) is 33.5 Å². The number of methoxy groups -OCH3 is 1. The highest BCUT2D eigenvalue weighted by Crippen LogP contribution is 2.19. The molecule has 8 heteroatoms. The molecule has 25 heavy (non-hydrogen) atoms. The standard InChI is InChI=1S/C17H29N3O4S/c1-13(24-15-9-7-8-14(10-15)23-5)11-19-16(18-4)20-12-17(2,3)25(6,21)22/h7-10,13H,11-12H2,1-6H3,(H2,18,19,20). The number of hydrogen-bond donors (Lipinski definition) is 2. The third-order valence-corrected chi connectivity index (χ3v) is 6.00. The highest BCUT2D eigenvalue weighted by molar-refractivity contribution is 7.92. The lowest BCUT2D eigenvalue weighted by Crippen LogP contribution is -2.49. The molecule has 0 radical (unpaired) electrons. The molecule has 1 rings (SSSR count). The monoisotopic (exact) mass is 371 g/mol. The van der Waals surface area contributed by atoms with E-state index in [2.05, 4.69) is 15.6 Å². The van der Waals surface area contributed by atoms with E-state index in [1.165, 1.54) is 6.26 Å². The van der Waals surface area contributed by atoms with Crippen molar-refractivity contribution >= 4 is 15.8 Å². The predicted molar refractivity (Wildman–Crippen MR) is 101 cm³/mol. The Morgan fingerprint density at radius 3 is 2.48 bits per heavy atom. The van der Waals surface area contributed by atoms with Crippen LogP contribution in [0.4, 0.5) is 0 Å². The van der Waals surface area contributed by atoms with E-state index in [-0.39, 0.29) is 12.6 Å². The van der Waals surface area contributed by atoms with Gasteiger partial charge in [0.05, 0.1) is 18.4 Å². The fourth-order valence-electron chi connectivity index (χ4n) is 1.84. The lowest BCUT2D eigenvalue weighted by Gasteiger charge is -2.24. The van der Waals surface area contributed by atoms with E-state index in [1.54, 1.807) is 28.0 Å². The Hall–Kier alpha value is -1.96. The first-order valence-electron chi connectivity index (χ1n) is 8.04. The van der Waals surface area contributed by atoms with E-state index in [4.69, 9.17) is 9.47 Å². The molecule has 1 aromatic rings. The number of hydrogen-bond acceptors (Lipinski definition) is 5. The smallest absolute Gasteiger partial charge is 0.191 e. The molecule has 0 amide bonds. The number of ether oxygens (including phenoxy) is 2. The summed E-state index contributed by atoms with van der Waals surface area (Å²) in [5.41, 5.74) is 0. The van der Waals surface area contributed by atoms with Crippen LogP contribution in [0.15, 0.2) is 29.3 Å². The third kappa shape index (κ3) is 6.81. The molecule has 7 nitrogen and oxygen atoms in total. The zero-order valence-electron chi connectivity index (χ0n) is 15.8. The second-order valence-corrected chi connectivity index (χ2v) is 9.10. The van der Waals surface area contributed by atoms with Crippen LogP contribution in [0.3, 0.4) is 0 Å². The van der Waals surface area contributed by atoms with Crippen LogP contribution < -0.4 is 20.1 Å². The van der Waals surface area contributed by atoms with Crippen molar-refractivity contribution in [2.24, 2.45) is 4.99 Å². The summed E-state index contributed by atoms with van der Waals surface area (Å²) in [5.74, 6) is 1.98. The molecular weight excluding hydrogens is 342 g/mol. The van der Waals surface area contributed by atoms with Gasteiger partial charge in [-0.15, -0.1) is 0 Å². The molecule has 0 bridgehead atoms. The number of guanidine groups is 1. The van der Waals surface area contributed by atoms with Gasteiger partial charge in [0.2, 0.25) is 0 Å². The summed E-state index contributed by atoms with van der Waals surface area (Å²) < 4.78 is 33.6. The molecule has 142 valence electrons. The van der Waals surface area contributed by atoms with Crippen molar-refractivity contribution in [3.8, 4) is 11.5 Å². The summed E-state index contributed by atoms with van der Waals surface area (Å²) in [4.78, 5) is 4.10. The maximum Gasteiger partial charge on any atom is 0.191 e. The average Bonchev–Trinajstić information content (AvgIpc) is 2.54. The number of sulfone groups is 1. The zero-order valence-corrected chi connectivity index (χ0v) is 16.6. The van der Waals surface area contributed by atoms with Crippen molar-refractivity contribution in [2.45, 2.75) is 31.6 Å². The van der Waals surface area contributed by atoms with Crippen LogP contribution in [-0.4, -0.2) is 58.7 Å². The van der Waals surface area contributed by atoms with Crippen LogP contribution in [0.1, 0.15) is 20.8 Å². The summed E-state index contributed by atoms with van der Waals surface area (Å²) in [6.45, 7) is 6.06. The highest BCUT2D eigenvalue weighted by atomic mass is 32.2. The van der Waals surface area contributed by atoms with Crippen LogP contribution >= 0.6 is 0 Å². The van der Waals surface area contributed by atoms with Gasteiger partial charge in [0, 0.05) is 25.9 Å². The van der Waals surface area contributed by atoms with Crippen LogP contribution in [0.2, 0.25) is 0 Å². The summed E-state index contributed by atoms with van der Waals surface area (Å²) in [6, 6.07) is 7.39. The van der Waals surface area contributed by atoms with Gasteiger partial charge in [-0.3, -0.25) is 4.99 Å². The number of aliphatic imine (C=N–C) groups is 1. The molecule has 0 heterocycles. The van der Waals surface area contributed by atoms with Crippen molar-refractivity contribution in [3.63, 3.8) is 0 Å². The van der Waals surface area contributed by atoms with Crippen molar-refractivity contribution in [1.29, 1.82) is 0 Å². The first-order chi connectivity index (χ1) is 11.6. The van der Waals surface area contributed by atoms with E-state index in [1.807, 2.05) is 31.2 Å². The summed E-state index contributed by atoms with van der Waals surface area (Å²) in [6.07, 6.45) is 1.11. The number of nitrogens with zero attached hydrogens (tertiary/aromatic N) is 1. The van der Waals surface area contributed by atoms with E-state index >= 15 is 0 Å². The Morgan fingerprint density at radius 2 is 1.92 bits per heavy atom. The quantitative estimate of drug-likeness (QED) is 0.531. The van der Waals surface area contributed by atoms with E-state index in [0.717, 1.165) is 11.5 Å². The molecule has 0 aromatic heterocycles. The average molecular weight is 372 g/mol. The molecule has 0 aliphatic heterocycles. The van der Waals surface area contributed by atoms with E-state index in [9.17, 15) is 8.42 Å². The SMILES string of the molecule is CN=C(NCC(C)Oc1cccc(OC)c1)NCC(C)(C)S(C)(=O)=O. The third-order valence-electron chi connectivity index (χ3n) is 3.84. The van der Waals surface area contributed by atoms with E-state index in [0.29, 0.717) is 12.5 Å². The molecule has 1 unspecified atom stereocenters. The molecule has 0 saturated heterocycles. The molecule has 1 aromatic carbocycles. The van der Waals surface area contributed by atoms with Crippen LogP contribution in [0, 0.1) is 0 Å². The van der Waals surface area contributed by atoms with Crippen LogP contribution in [0.5, 0.6) is 11.5 Å². The van der Waals surface area contributed by atoms with Gasteiger partial charge in [-0.2, -0.15) is 0 Å².